The molecule has 3 aliphatic heterocycles. The van der Waals surface area contributed by atoms with Crippen molar-refractivity contribution in [1.82, 2.24) is 14.7 Å². The molecular formula is C44H65FN6O11. The highest BCUT2D eigenvalue weighted by molar-refractivity contribution is 6.08. The Kier molecular flexibility index (Phi) is 15.5. The number of Topliss-reactive ketones (excluding diaryl/α,β-unsaturated/α-hetero) is 1. The summed E-state index contributed by atoms with van der Waals surface area (Å²) in [4.78, 5) is 53.3. The molecule has 2 aromatic rings. The van der Waals surface area contributed by atoms with E-state index in [-0.39, 0.29) is 44.5 Å². The summed E-state index contributed by atoms with van der Waals surface area (Å²) in [5, 5.41) is 32.7. The van der Waals surface area contributed by atoms with E-state index in [4.69, 9.17) is 34.3 Å². The van der Waals surface area contributed by atoms with Gasteiger partial charge in [0, 0.05) is 42.8 Å². The molecule has 1 aromatic carbocycles. The molecule has 3 aliphatic rings. The lowest BCUT2D eigenvalue weighted by atomic mass is 9.73. The normalized spacial score (nSPS) is 38.0. The average molecular weight is 873 g/mol. The van der Waals surface area contributed by atoms with Crippen LogP contribution in [0.15, 0.2) is 46.7 Å². The van der Waals surface area contributed by atoms with E-state index in [0.717, 1.165) is 18.2 Å². The molecular weight excluding hydrogens is 808 g/mol. The van der Waals surface area contributed by atoms with E-state index in [0.29, 0.717) is 18.0 Å². The Morgan fingerprint density at radius 3 is 2.35 bits per heavy atom. The number of carbonyl (C=O) groups is 3. The first kappa shape index (κ1) is 48.9. The molecule has 0 unspecified atom stereocenters. The molecule has 344 valence electrons. The summed E-state index contributed by atoms with van der Waals surface area (Å²) in [5.74, 6) is -5.72. The Morgan fingerprint density at radius 2 is 1.76 bits per heavy atom. The van der Waals surface area contributed by atoms with Crippen LogP contribution in [0.25, 0.3) is 5.69 Å². The predicted octanol–water partition coefficient (Wildman–Crippen LogP) is 3.98. The Hall–Kier alpha value is -4.17. The summed E-state index contributed by atoms with van der Waals surface area (Å²) in [6.07, 6.45) is -4.75. The summed E-state index contributed by atoms with van der Waals surface area (Å²) in [6.45, 7) is 13.1. The molecule has 5 rings (SSSR count). The van der Waals surface area contributed by atoms with Gasteiger partial charge in [0.25, 0.3) is 5.67 Å². The van der Waals surface area contributed by atoms with Crippen LogP contribution in [0.3, 0.4) is 0 Å². The van der Waals surface area contributed by atoms with Gasteiger partial charge in [-0.3, -0.25) is 9.59 Å². The van der Waals surface area contributed by atoms with Gasteiger partial charge in [0.15, 0.2) is 12.1 Å². The number of nitrogen functional groups attached to an aromatic ring is 1. The molecule has 2 bridgehead atoms. The third-order valence-corrected chi connectivity index (χ3v) is 12.4. The van der Waals surface area contributed by atoms with Crippen molar-refractivity contribution in [3.05, 3.63) is 42.1 Å². The fourth-order valence-corrected chi connectivity index (χ4v) is 9.03. The minimum atomic E-state index is -3.22. The molecule has 0 spiro atoms. The second kappa shape index (κ2) is 19.7. The zero-order valence-corrected chi connectivity index (χ0v) is 37.7. The van der Waals surface area contributed by atoms with Gasteiger partial charge in [0.05, 0.1) is 42.8 Å². The summed E-state index contributed by atoms with van der Waals surface area (Å²) < 4.78 is 50.4. The molecule has 1 aromatic heterocycles. The quantitative estimate of drug-likeness (QED) is 0.194. The second-order valence-electron chi connectivity index (χ2n) is 17.9. The van der Waals surface area contributed by atoms with Crippen LogP contribution in [0.5, 0.6) is 0 Å². The molecule has 13 atom stereocenters. The van der Waals surface area contributed by atoms with Gasteiger partial charge >= 0.3 is 5.97 Å². The van der Waals surface area contributed by atoms with Crippen LogP contribution < -0.4 is 5.73 Å². The number of fused-ring (bicyclic) bond motifs is 5. The number of hydrogen-bond donors (Lipinski definition) is 3. The monoisotopic (exact) mass is 872 g/mol. The number of halogens is 1. The first-order chi connectivity index (χ1) is 29.0. The van der Waals surface area contributed by atoms with Crippen LogP contribution in [-0.4, -0.2) is 141 Å². The van der Waals surface area contributed by atoms with E-state index >= 15 is 4.39 Å². The summed E-state index contributed by atoms with van der Waals surface area (Å²) in [7, 11) is 3.63. The number of benzene rings is 1. The molecule has 0 aliphatic carbocycles. The largest absolute Gasteiger partial charge is 0.457 e. The number of rotatable bonds is 8. The number of oxime groups is 1. The number of ether oxygens (including phenoxy) is 5. The fraction of sp³-hybridized carbons (Fsp3) is 0.682. The average Bonchev–Trinajstić information content (AvgIpc) is 3.64. The molecule has 4 heterocycles. The Bertz CT molecular complexity index is 1950. The number of aliphatic imine (C=N–C) groups is 1. The van der Waals surface area contributed by atoms with Crippen molar-refractivity contribution in [3.63, 3.8) is 0 Å². The van der Waals surface area contributed by atoms with Crippen LogP contribution in [-0.2, 0) is 49.5 Å². The standard InChI is InChI=1S/C44H65FN6O11/c1-12-33-44(9,56)39-26(4)35(47-28(6)52)24(2)20-42(7,58-23-30(22-57-39)49-59-21-29-13-15-31(16-14-29)51-18-17-34(46)48-51)38(27(5)37(54)43(8,45)41(55)61-33)62-40-36(53)32(50(10)11)19-25(3)60-40/h13-18,24-27,32-33,36,38-40,53,56H,12,19-23H2,1-11H3,(H2,46,48)/b47-35?,49-30+/t24-,25-,26+,27+,32+,33-,36-,38-,39+,40+,42-,43+,44-/m1/s1. The zero-order valence-electron chi connectivity index (χ0n) is 37.7. The first-order valence-corrected chi connectivity index (χ1v) is 21.2. The van der Waals surface area contributed by atoms with Crippen molar-refractivity contribution < 1.29 is 57.5 Å². The molecule has 17 nitrogen and oxygen atoms in total. The maximum Gasteiger partial charge on any atom is 0.351 e. The number of carbonyl (C=O) groups excluding carboxylic acids is 3. The number of nitrogens with two attached hydrogens (primary N) is 1. The fourth-order valence-electron chi connectivity index (χ4n) is 9.03. The van der Waals surface area contributed by atoms with E-state index in [2.05, 4.69) is 15.2 Å². The number of aliphatic hydroxyl groups is 2. The lowest BCUT2D eigenvalue weighted by Crippen LogP contribution is -2.61. The molecule has 3 saturated heterocycles. The number of anilines is 1. The first-order valence-electron chi connectivity index (χ1n) is 21.2. The van der Waals surface area contributed by atoms with Crippen molar-refractivity contribution in [2.75, 3.05) is 33.0 Å². The Morgan fingerprint density at radius 1 is 1.08 bits per heavy atom. The number of amides is 1. The number of aliphatic hydroxyl groups excluding tert-OH is 1. The zero-order chi connectivity index (χ0) is 45.9. The number of esters is 1. The van der Waals surface area contributed by atoms with E-state index in [1.54, 1.807) is 37.7 Å². The molecule has 0 radical (unpaired) electrons. The van der Waals surface area contributed by atoms with Gasteiger partial charge in [-0.25, -0.2) is 18.9 Å². The topological polar surface area (TPSA) is 219 Å². The third kappa shape index (κ3) is 10.8. The minimum Gasteiger partial charge on any atom is -0.457 e. The maximum atomic E-state index is 16.9. The molecule has 1 amide bonds. The predicted molar refractivity (Wildman–Crippen MR) is 227 cm³/mol. The van der Waals surface area contributed by atoms with Crippen molar-refractivity contribution >= 4 is 34.9 Å². The van der Waals surface area contributed by atoms with Gasteiger partial charge in [-0.05, 0) is 84.7 Å². The van der Waals surface area contributed by atoms with Gasteiger partial charge in [-0.15, -0.1) is 0 Å². The number of hydrogen-bond acceptors (Lipinski definition) is 15. The van der Waals surface area contributed by atoms with Crippen LogP contribution in [0.4, 0.5) is 10.2 Å². The second-order valence-corrected chi connectivity index (χ2v) is 17.9. The molecule has 4 N–H and O–H groups in total. The highest BCUT2D eigenvalue weighted by atomic mass is 19.1. The van der Waals surface area contributed by atoms with Crippen molar-refractivity contribution in [3.8, 4) is 5.69 Å². The Balaban J connectivity index is 1.65. The summed E-state index contributed by atoms with van der Waals surface area (Å²) >= 11 is 0. The molecule has 3 fully saturated rings. The molecule has 18 heteroatoms. The van der Waals surface area contributed by atoms with Crippen molar-refractivity contribution in [2.24, 2.45) is 27.9 Å². The number of aromatic nitrogens is 2. The van der Waals surface area contributed by atoms with Gasteiger partial charge in [0.1, 0.15) is 35.9 Å². The number of likely N-dealkylation sites (N-methyl/N-ethyl adjacent to an activating group) is 1. The molecule has 62 heavy (non-hydrogen) atoms. The smallest absolute Gasteiger partial charge is 0.351 e. The van der Waals surface area contributed by atoms with Crippen LogP contribution in [0.2, 0.25) is 0 Å². The number of ketones is 1. The highest BCUT2D eigenvalue weighted by Gasteiger charge is 2.56. The van der Waals surface area contributed by atoms with E-state index in [1.165, 1.54) is 20.8 Å². The van der Waals surface area contributed by atoms with Gasteiger partial charge in [-0.2, -0.15) is 5.10 Å². The molecule has 0 saturated carbocycles. The number of alkyl halides is 1. The highest BCUT2D eigenvalue weighted by Crippen LogP contribution is 2.41. The van der Waals surface area contributed by atoms with Crippen LogP contribution in [0.1, 0.15) is 87.1 Å². The third-order valence-electron chi connectivity index (χ3n) is 12.4. The summed E-state index contributed by atoms with van der Waals surface area (Å²) in [6, 6.07) is 8.67. The minimum absolute atomic E-state index is 0.00310. The lowest BCUT2D eigenvalue weighted by molar-refractivity contribution is -0.296. The van der Waals surface area contributed by atoms with Gasteiger partial charge < -0.3 is 49.4 Å². The van der Waals surface area contributed by atoms with E-state index in [9.17, 15) is 24.6 Å². The van der Waals surface area contributed by atoms with E-state index in [1.807, 2.05) is 57.1 Å². The maximum absolute atomic E-state index is 16.9. The van der Waals surface area contributed by atoms with Crippen LogP contribution in [0, 0.1) is 17.8 Å². The lowest BCUT2D eigenvalue weighted by Gasteiger charge is -2.47. The van der Waals surface area contributed by atoms with Gasteiger partial charge in [0.2, 0.25) is 5.91 Å². The van der Waals surface area contributed by atoms with E-state index < -0.39 is 89.0 Å². The summed E-state index contributed by atoms with van der Waals surface area (Å²) in [5.41, 5.74) is 1.04. The van der Waals surface area contributed by atoms with Crippen LogP contribution >= 0.6 is 0 Å². The van der Waals surface area contributed by atoms with Crippen molar-refractivity contribution in [2.45, 2.75) is 148 Å². The van der Waals surface area contributed by atoms with Gasteiger partial charge in [-0.1, -0.05) is 45.0 Å². The Labute approximate surface area is 363 Å². The van der Waals surface area contributed by atoms with Crippen molar-refractivity contribution in [1.29, 1.82) is 0 Å². The number of cyclic esters (lactones) is 1. The number of nitrogens with zero attached hydrogens (tertiary/aromatic N) is 5. The SMILES string of the molecule is CC[C@H]1OC(=O)[C@@](C)(F)C(=O)[C@H](C)[C@@H](O[C@@H]2O[C@H](C)C[C@H](N(C)C)[C@H]2O)[C@@]2(C)C[C@@H](C)C(=NC(C)=O)[C@H](C)[C@H](OC/C(=N\OCc3ccc(-n4ccc(N)n4)cc3)CO2)[C@]1(C)O.